The van der Waals surface area contributed by atoms with E-state index in [2.05, 4.69) is 0 Å². The number of carbonyl (C=O) groups excluding carboxylic acids is 1. The van der Waals surface area contributed by atoms with Gasteiger partial charge in [0, 0.05) is 13.1 Å². The Kier molecular flexibility index (Phi) is 5.13. The fraction of sp³-hybridized carbons (Fsp3) is 0.500. The van der Waals surface area contributed by atoms with Crippen LogP contribution in [-0.4, -0.2) is 42.7 Å². The minimum Gasteiger partial charge on any atom is -0.482 e. The van der Waals surface area contributed by atoms with Gasteiger partial charge in [0.15, 0.2) is 6.61 Å². The average Bonchev–Trinajstić information content (AvgIpc) is 2.39. The Balaban J connectivity index is 1.93. The molecule has 0 bridgehead atoms. The lowest BCUT2D eigenvalue weighted by Gasteiger charge is -2.35. The summed E-state index contributed by atoms with van der Waals surface area (Å²) in [6, 6.07) is 5.09. The van der Waals surface area contributed by atoms with Crippen molar-refractivity contribution in [1.29, 1.82) is 0 Å². The predicted octanol–water partition coefficient (Wildman–Crippen LogP) is 3.01. The molecule has 0 unspecified atom stereocenters. The Morgan fingerprint density at radius 3 is 2.65 bits per heavy atom. The van der Waals surface area contributed by atoms with E-state index >= 15 is 0 Å². The van der Waals surface area contributed by atoms with Gasteiger partial charge in [-0.1, -0.05) is 29.3 Å². The first-order chi connectivity index (χ1) is 9.47. The molecule has 0 radical (unpaired) electrons. The van der Waals surface area contributed by atoms with Gasteiger partial charge in [0.2, 0.25) is 0 Å². The summed E-state index contributed by atoms with van der Waals surface area (Å²) in [5.41, 5.74) is 0. The van der Waals surface area contributed by atoms with Gasteiger partial charge in [0.1, 0.15) is 10.8 Å². The average molecular weight is 318 g/mol. The molecule has 6 heteroatoms. The zero-order valence-electron chi connectivity index (χ0n) is 11.4. The van der Waals surface area contributed by atoms with Crippen molar-refractivity contribution in [1.82, 2.24) is 4.90 Å². The zero-order valence-corrected chi connectivity index (χ0v) is 12.9. The highest BCUT2D eigenvalue weighted by Crippen LogP contribution is 2.31. The second kappa shape index (κ2) is 6.66. The van der Waals surface area contributed by atoms with Gasteiger partial charge in [-0.15, -0.1) is 0 Å². The minimum absolute atomic E-state index is 0.0393. The first-order valence-electron chi connectivity index (χ1n) is 6.47. The molecule has 0 saturated carbocycles. The molecule has 1 heterocycles. The standard InChI is InChI=1S/C14H17Cl2NO3/c1-9-6-17(7-10(2)20-9)13(18)8-19-12-5-3-4-11(15)14(12)16/h3-5,9-10H,6-8H2,1-2H3/t9-,10-/m1/s1. The molecule has 1 aliphatic heterocycles. The molecule has 2 atom stereocenters. The fourth-order valence-electron chi connectivity index (χ4n) is 2.21. The molecule has 2 rings (SSSR count). The van der Waals surface area contributed by atoms with Crippen LogP contribution in [0, 0.1) is 0 Å². The summed E-state index contributed by atoms with van der Waals surface area (Å²) in [5, 5.41) is 0.732. The van der Waals surface area contributed by atoms with Gasteiger partial charge in [-0.2, -0.15) is 0 Å². The maximum absolute atomic E-state index is 12.1. The Morgan fingerprint density at radius 1 is 1.35 bits per heavy atom. The van der Waals surface area contributed by atoms with Crippen molar-refractivity contribution in [3.63, 3.8) is 0 Å². The molecule has 1 aromatic rings. The van der Waals surface area contributed by atoms with Crippen molar-refractivity contribution < 1.29 is 14.3 Å². The normalized spacial score (nSPS) is 22.7. The number of nitrogens with zero attached hydrogens (tertiary/aromatic N) is 1. The zero-order chi connectivity index (χ0) is 14.7. The SMILES string of the molecule is C[C@@H]1CN(C(=O)COc2cccc(Cl)c2Cl)C[C@@H](C)O1. The van der Waals surface area contributed by atoms with Crippen LogP contribution >= 0.6 is 23.2 Å². The molecule has 110 valence electrons. The van der Waals surface area contributed by atoms with Crippen molar-refractivity contribution in [2.45, 2.75) is 26.1 Å². The third-order valence-electron chi connectivity index (χ3n) is 3.04. The highest BCUT2D eigenvalue weighted by Gasteiger charge is 2.26. The van der Waals surface area contributed by atoms with Crippen molar-refractivity contribution in [2.24, 2.45) is 0 Å². The minimum atomic E-state index is -0.0805. The molecule has 1 fully saturated rings. The number of morpholine rings is 1. The number of amides is 1. The molecule has 0 aromatic heterocycles. The molecule has 0 N–H and O–H groups in total. The smallest absolute Gasteiger partial charge is 0.260 e. The van der Waals surface area contributed by atoms with E-state index < -0.39 is 0 Å². The quantitative estimate of drug-likeness (QED) is 0.860. The van der Waals surface area contributed by atoms with E-state index in [1.807, 2.05) is 13.8 Å². The summed E-state index contributed by atoms with van der Waals surface area (Å²) in [6.07, 6.45) is 0.0786. The topological polar surface area (TPSA) is 38.8 Å². The molecular weight excluding hydrogens is 301 g/mol. The van der Waals surface area contributed by atoms with Crippen LogP contribution in [-0.2, 0) is 9.53 Å². The van der Waals surface area contributed by atoms with Gasteiger partial charge in [-0.3, -0.25) is 4.79 Å². The summed E-state index contributed by atoms with van der Waals surface area (Å²) in [6.45, 7) is 5.00. The van der Waals surface area contributed by atoms with Gasteiger partial charge in [-0.25, -0.2) is 0 Å². The second-order valence-electron chi connectivity index (χ2n) is 4.90. The van der Waals surface area contributed by atoms with Gasteiger partial charge in [-0.05, 0) is 26.0 Å². The van der Waals surface area contributed by atoms with E-state index in [0.717, 1.165) is 0 Å². The van der Waals surface area contributed by atoms with Crippen LogP contribution in [0.2, 0.25) is 10.0 Å². The summed E-state index contributed by atoms with van der Waals surface area (Å²) in [5.74, 6) is 0.338. The number of carbonyl (C=O) groups is 1. The van der Waals surface area contributed by atoms with E-state index in [4.69, 9.17) is 32.7 Å². The van der Waals surface area contributed by atoms with Crippen molar-refractivity contribution in [3.8, 4) is 5.75 Å². The lowest BCUT2D eigenvalue weighted by atomic mass is 10.2. The maximum atomic E-state index is 12.1. The molecular formula is C14H17Cl2NO3. The Bertz CT molecular complexity index is 485. The van der Waals surface area contributed by atoms with Crippen molar-refractivity contribution in [2.75, 3.05) is 19.7 Å². The number of halogens is 2. The van der Waals surface area contributed by atoms with Crippen LogP contribution in [0.4, 0.5) is 0 Å². The second-order valence-corrected chi connectivity index (χ2v) is 5.68. The van der Waals surface area contributed by atoms with Gasteiger partial charge in [0.05, 0.1) is 17.2 Å². The number of hydrogen-bond acceptors (Lipinski definition) is 3. The summed E-state index contributed by atoms with van der Waals surface area (Å²) < 4.78 is 11.0. The predicted molar refractivity (Wildman–Crippen MR) is 78.5 cm³/mol. The van der Waals surface area contributed by atoms with Crippen LogP contribution < -0.4 is 4.74 Å². The summed E-state index contributed by atoms with van der Waals surface area (Å²) >= 11 is 11.9. The molecule has 1 aromatic carbocycles. The fourth-order valence-corrected chi connectivity index (χ4v) is 2.55. The Morgan fingerprint density at radius 2 is 2.00 bits per heavy atom. The Hall–Kier alpha value is -0.970. The van der Waals surface area contributed by atoms with Crippen LogP contribution in [0.25, 0.3) is 0 Å². The third kappa shape index (κ3) is 3.78. The van der Waals surface area contributed by atoms with Gasteiger partial charge >= 0.3 is 0 Å². The number of ether oxygens (including phenoxy) is 2. The van der Waals surface area contributed by atoms with E-state index in [-0.39, 0.29) is 24.7 Å². The molecule has 1 saturated heterocycles. The van der Waals surface area contributed by atoms with E-state index in [9.17, 15) is 4.79 Å². The molecule has 0 aliphatic carbocycles. The van der Waals surface area contributed by atoms with Gasteiger partial charge < -0.3 is 14.4 Å². The summed E-state index contributed by atoms with van der Waals surface area (Å²) in [7, 11) is 0. The molecule has 1 amide bonds. The highest BCUT2D eigenvalue weighted by molar-refractivity contribution is 6.42. The number of benzene rings is 1. The van der Waals surface area contributed by atoms with Crippen LogP contribution in [0.5, 0.6) is 5.75 Å². The first-order valence-corrected chi connectivity index (χ1v) is 7.23. The van der Waals surface area contributed by atoms with Gasteiger partial charge in [0.25, 0.3) is 5.91 Å². The lowest BCUT2D eigenvalue weighted by molar-refractivity contribution is -0.145. The van der Waals surface area contributed by atoms with Crippen molar-refractivity contribution in [3.05, 3.63) is 28.2 Å². The van der Waals surface area contributed by atoms with E-state index in [1.54, 1.807) is 23.1 Å². The highest BCUT2D eigenvalue weighted by atomic mass is 35.5. The largest absolute Gasteiger partial charge is 0.482 e. The number of hydrogen-bond donors (Lipinski definition) is 0. The number of rotatable bonds is 3. The lowest BCUT2D eigenvalue weighted by Crippen LogP contribution is -2.49. The monoisotopic (exact) mass is 317 g/mol. The molecule has 0 spiro atoms. The van der Waals surface area contributed by atoms with Crippen LogP contribution in [0.3, 0.4) is 0 Å². The maximum Gasteiger partial charge on any atom is 0.260 e. The molecule has 4 nitrogen and oxygen atoms in total. The third-order valence-corrected chi connectivity index (χ3v) is 3.84. The summed E-state index contributed by atoms with van der Waals surface area (Å²) in [4.78, 5) is 13.9. The van der Waals surface area contributed by atoms with Crippen LogP contribution in [0.15, 0.2) is 18.2 Å². The Labute approximate surface area is 128 Å². The van der Waals surface area contributed by atoms with E-state index in [0.29, 0.717) is 28.9 Å². The van der Waals surface area contributed by atoms with Crippen LogP contribution in [0.1, 0.15) is 13.8 Å². The molecule has 1 aliphatic rings. The van der Waals surface area contributed by atoms with Crippen molar-refractivity contribution >= 4 is 29.1 Å². The first kappa shape index (κ1) is 15.4. The molecule has 20 heavy (non-hydrogen) atoms. The van der Waals surface area contributed by atoms with E-state index in [1.165, 1.54) is 0 Å².